The largest absolute Gasteiger partial charge is 0.539 e. The third-order valence-electron chi connectivity index (χ3n) is 2.99. The van der Waals surface area contributed by atoms with Crippen LogP contribution in [0.3, 0.4) is 0 Å². The number of thioether (sulfide) groups is 1. The molecule has 0 aromatic heterocycles. The summed E-state index contributed by atoms with van der Waals surface area (Å²) in [7, 11) is 1.28. The Morgan fingerprint density at radius 3 is 2.88 bits per heavy atom. The van der Waals surface area contributed by atoms with Crippen molar-refractivity contribution >= 4 is 43.3 Å². The van der Waals surface area contributed by atoms with Gasteiger partial charge in [-0.2, -0.15) is 0 Å². The zero-order chi connectivity index (χ0) is 12.7. The zero-order valence-corrected chi connectivity index (χ0v) is 11.0. The van der Waals surface area contributed by atoms with Gasteiger partial charge in [-0.05, 0) is 12.5 Å². The minimum atomic E-state index is -0.543. The molecule has 2 aliphatic rings. The molecule has 1 amide bonds. The Morgan fingerprint density at radius 2 is 2.35 bits per heavy atom. The topological polar surface area (TPSA) is 72.6 Å². The molecule has 2 heterocycles. The predicted molar refractivity (Wildman–Crippen MR) is 68.0 cm³/mol. The predicted octanol–water partition coefficient (Wildman–Crippen LogP) is -0.799. The number of β-lactam (4-membered cyclic amide) rings is 1. The minimum absolute atomic E-state index is 0.0574. The van der Waals surface area contributed by atoms with E-state index >= 15 is 0 Å². The summed E-state index contributed by atoms with van der Waals surface area (Å²) in [5, 5.41) is -0.124. The molecular formula is C9H12BClN2O3S. The molecule has 5 nitrogen and oxygen atoms in total. The Labute approximate surface area is 109 Å². The molecule has 0 spiro atoms. The summed E-state index contributed by atoms with van der Waals surface area (Å²) in [6.45, 7) is 1.94. The van der Waals surface area contributed by atoms with Crippen molar-refractivity contribution in [3.8, 4) is 0 Å². The number of alkyl halides is 1. The van der Waals surface area contributed by atoms with Gasteiger partial charge in [0, 0.05) is 11.1 Å². The normalized spacial score (nSPS) is 32.1. The number of hydrogen-bond acceptors (Lipinski definition) is 5. The van der Waals surface area contributed by atoms with Crippen LogP contribution in [0.2, 0.25) is 0 Å². The van der Waals surface area contributed by atoms with Gasteiger partial charge in [-0.25, -0.2) is 4.79 Å². The van der Waals surface area contributed by atoms with E-state index in [0.717, 1.165) is 5.57 Å². The van der Waals surface area contributed by atoms with Crippen LogP contribution in [0.15, 0.2) is 11.3 Å². The molecule has 0 radical (unpaired) electrons. The van der Waals surface area contributed by atoms with Crippen molar-refractivity contribution in [1.82, 2.24) is 4.90 Å². The fraction of sp³-hybridized carbons (Fsp3) is 0.556. The van der Waals surface area contributed by atoms with E-state index in [2.05, 4.69) is 0 Å². The van der Waals surface area contributed by atoms with Gasteiger partial charge in [0.05, 0.1) is 0 Å². The smallest absolute Gasteiger partial charge is 0.337 e. The third kappa shape index (κ3) is 1.77. The van der Waals surface area contributed by atoms with Crippen LogP contribution >= 0.6 is 23.4 Å². The van der Waals surface area contributed by atoms with Crippen LogP contribution in [0.1, 0.15) is 6.92 Å². The Hall–Kier alpha value is -0.655. The molecule has 1 unspecified atom stereocenters. The van der Waals surface area contributed by atoms with Gasteiger partial charge in [0.1, 0.15) is 17.1 Å². The lowest BCUT2D eigenvalue weighted by atomic mass is 10.0. The van der Waals surface area contributed by atoms with E-state index in [-0.39, 0.29) is 28.1 Å². The van der Waals surface area contributed by atoms with E-state index in [4.69, 9.17) is 22.0 Å². The van der Waals surface area contributed by atoms with Crippen LogP contribution in [-0.4, -0.2) is 47.4 Å². The SMILES string of the molecule is BOC(=O)C1=C(CCl)C(C)S[C@@H]2[C@H](N)C(=O)N12. The van der Waals surface area contributed by atoms with Crippen molar-refractivity contribution in [3.05, 3.63) is 11.3 Å². The van der Waals surface area contributed by atoms with Gasteiger partial charge in [-0.1, -0.05) is 0 Å². The fourth-order valence-electron chi connectivity index (χ4n) is 2.01. The molecule has 2 rings (SSSR count). The summed E-state index contributed by atoms with van der Waals surface area (Å²) in [5.41, 5.74) is 6.70. The van der Waals surface area contributed by atoms with Crippen LogP contribution in [0.5, 0.6) is 0 Å². The van der Waals surface area contributed by atoms with Crippen LogP contribution in [-0.2, 0) is 14.2 Å². The second-order valence-electron chi connectivity index (χ2n) is 3.90. The molecule has 8 heteroatoms. The number of rotatable bonds is 2. The van der Waals surface area contributed by atoms with Gasteiger partial charge in [-0.15, -0.1) is 23.4 Å². The summed E-state index contributed by atoms with van der Waals surface area (Å²) < 4.78 is 4.71. The van der Waals surface area contributed by atoms with Crippen molar-refractivity contribution in [2.75, 3.05) is 5.88 Å². The van der Waals surface area contributed by atoms with E-state index in [1.807, 2.05) is 6.92 Å². The second-order valence-corrected chi connectivity index (χ2v) is 5.63. The van der Waals surface area contributed by atoms with Crippen molar-refractivity contribution in [1.29, 1.82) is 0 Å². The van der Waals surface area contributed by atoms with E-state index in [9.17, 15) is 9.59 Å². The minimum Gasteiger partial charge on any atom is -0.539 e. The lowest BCUT2D eigenvalue weighted by Crippen LogP contribution is -2.69. The highest BCUT2D eigenvalue weighted by Crippen LogP contribution is 2.43. The first kappa shape index (κ1) is 12.8. The van der Waals surface area contributed by atoms with Crippen molar-refractivity contribution in [2.24, 2.45) is 5.73 Å². The average molecular weight is 275 g/mol. The van der Waals surface area contributed by atoms with Gasteiger partial charge >= 0.3 is 14.0 Å². The van der Waals surface area contributed by atoms with Gasteiger partial charge in [0.2, 0.25) is 5.91 Å². The molecule has 1 saturated heterocycles. The first-order chi connectivity index (χ1) is 8.02. The molecule has 17 heavy (non-hydrogen) atoms. The first-order valence-corrected chi connectivity index (χ1v) is 6.62. The van der Waals surface area contributed by atoms with Crippen LogP contribution in [0.25, 0.3) is 0 Å². The highest BCUT2D eigenvalue weighted by atomic mass is 35.5. The molecule has 2 aliphatic heterocycles. The van der Waals surface area contributed by atoms with Crippen molar-refractivity contribution in [2.45, 2.75) is 23.6 Å². The second kappa shape index (κ2) is 4.55. The van der Waals surface area contributed by atoms with Gasteiger partial charge in [-0.3, -0.25) is 9.69 Å². The van der Waals surface area contributed by atoms with Crippen molar-refractivity contribution in [3.63, 3.8) is 0 Å². The molecule has 3 atom stereocenters. The average Bonchev–Trinajstić information content (AvgIpc) is 2.35. The molecule has 0 aliphatic carbocycles. The molecular weight excluding hydrogens is 262 g/mol. The molecule has 1 fully saturated rings. The highest BCUT2D eigenvalue weighted by molar-refractivity contribution is 8.00. The molecule has 0 aromatic rings. The van der Waals surface area contributed by atoms with Gasteiger partial charge in [0.25, 0.3) is 0 Å². The van der Waals surface area contributed by atoms with Crippen LogP contribution in [0, 0.1) is 0 Å². The first-order valence-electron chi connectivity index (χ1n) is 5.14. The third-order valence-corrected chi connectivity index (χ3v) is 4.75. The standard InChI is InChI=1S/C9H12BClN2O3S/c1-3-4(2-11)6(9(15)16-10)13-7(14)5(12)8(13)17-3/h3,5,8H,2,10,12H2,1H3/t3?,5-,8-/m1/s1. The number of amides is 1. The lowest BCUT2D eigenvalue weighted by molar-refractivity contribution is -0.146. The van der Waals surface area contributed by atoms with Gasteiger partial charge < -0.3 is 10.4 Å². The van der Waals surface area contributed by atoms with Gasteiger partial charge in [0.15, 0.2) is 0 Å². The zero-order valence-electron chi connectivity index (χ0n) is 9.47. The number of fused-ring (bicyclic) bond motifs is 1. The molecule has 92 valence electrons. The Bertz CT molecular complexity index is 417. The Morgan fingerprint density at radius 1 is 1.71 bits per heavy atom. The Kier molecular flexibility index (Phi) is 3.42. The van der Waals surface area contributed by atoms with E-state index in [0.29, 0.717) is 0 Å². The quantitative estimate of drug-likeness (QED) is 0.405. The molecule has 0 aromatic carbocycles. The molecule has 0 bridgehead atoms. The van der Waals surface area contributed by atoms with E-state index in [1.54, 1.807) is 11.8 Å². The van der Waals surface area contributed by atoms with Crippen LogP contribution in [0.4, 0.5) is 0 Å². The van der Waals surface area contributed by atoms with Crippen molar-refractivity contribution < 1.29 is 14.2 Å². The number of halogens is 1. The monoisotopic (exact) mass is 274 g/mol. The number of carbonyl (C=O) groups excluding carboxylic acids is 2. The van der Waals surface area contributed by atoms with E-state index in [1.165, 1.54) is 12.9 Å². The number of nitrogens with zero attached hydrogens (tertiary/aromatic N) is 1. The summed E-state index contributed by atoms with van der Waals surface area (Å²) in [6.07, 6.45) is 0. The lowest BCUT2D eigenvalue weighted by Gasteiger charge is -2.49. The maximum Gasteiger partial charge on any atom is 0.337 e. The summed E-state index contributed by atoms with van der Waals surface area (Å²) in [4.78, 5) is 24.8. The van der Waals surface area contributed by atoms with E-state index < -0.39 is 12.0 Å². The maximum absolute atomic E-state index is 11.7. The number of hydrogen-bond donors (Lipinski definition) is 1. The fourth-order valence-corrected chi connectivity index (χ4v) is 3.85. The number of carbonyl (C=O) groups is 2. The molecule has 0 saturated carbocycles. The molecule has 2 N–H and O–H groups in total. The van der Waals surface area contributed by atoms with Crippen LogP contribution < -0.4 is 5.73 Å². The summed E-state index contributed by atoms with van der Waals surface area (Å²) in [5.74, 6) is -0.583. The summed E-state index contributed by atoms with van der Waals surface area (Å²) in [6, 6.07) is -0.543. The maximum atomic E-state index is 11.7. The summed E-state index contributed by atoms with van der Waals surface area (Å²) >= 11 is 7.39. The Balaban J connectivity index is 2.44. The highest BCUT2D eigenvalue weighted by Gasteiger charge is 2.53. The number of nitrogens with two attached hydrogens (primary N) is 1.